The maximum Gasteiger partial charge on any atom is 0.280 e. The molecule has 1 aromatic heterocycles. The molecule has 0 radical (unpaired) electrons. The lowest BCUT2D eigenvalue weighted by atomic mass is 10.1. The predicted octanol–water partition coefficient (Wildman–Crippen LogP) is 1.85. The number of carbonyl (C=O) groups excluding carboxylic acids is 2. The molecule has 2 amide bonds. The molecule has 1 saturated heterocycles. The summed E-state index contributed by atoms with van der Waals surface area (Å²) < 4.78 is 6.70. The number of aromatic nitrogens is 2. The van der Waals surface area contributed by atoms with Gasteiger partial charge < -0.3 is 26.0 Å². The summed E-state index contributed by atoms with van der Waals surface area (Å²) in [6, 6.07) is 15.2. The van der Waals surface area contributed by atoms with Gasteiger partial charge in [0.25, 0.3) is 11.8 Å². The summed E-state index contributed by atoms with van der Waals surface area (Å²) in [5.74, 6) is -0.275. The summed E-state index contributed by atoms with van der Waals surface area (Å²) in [6.45, 7) is 5.43. The molecule has 36 heavy (non-hydrogen) atoms. The smallest absolute Gasteiger partial charge is 0.280 e. The lowest BCUT2D eigenvalue weighted by molar-refractivity contribution is 0.0976. The summed E-state index contributed by atoms with van der Waals surface area (Å²) in [4.78, 5) is 30.0. The second kappa shape index (κ2) is 10.4. The molecule has 2 aromatic carbocycles. The first kappa shape index (κ1) is 23.8. The standard InChI is InChI=1S/C26H31N7O3/c1-36-21-8-6-19(7-9-21)33-24-22(23(30-33)25(27)34)29-17-32(26(24)35)20-5-2-4-18(16-20)10-14-31-13-3-11-28-12-15-31/h2,4-9,16,28-29H,3,10-15,17H2,1H3,(H2,27,34). The molecule has 5 rings (SSSR count). The van der Waals surface area contributed by atoms with E-state index < -0.39 is 5.91 Å². The summed E-state index contributed by atoms with van der Waals surface area (Å²) in [5.41, 5.74) is 8.82. The van der Waals surface area contributed by atoms with Crippen LogP contribution < -0.4 is 26.0 Å². The van der Waals surface area contributed by atoms with E-state index in [0.717, 1.165) is 51.3 Å². The Morgan fingerprint density at radius 1 is 1.11 bits per heavy atom. The van der Waals surface area contributed by atoms with Crippen LogP contribution in [0, 0.1) is 0 Å². The zero-order valence-corrected chi connectivity index (χ0v) is 20.4. The Morgan fingerprint density at radius 2 is 1.94 bits per heavy atom. The molecular formula is C26H31N7O3. The van der Waals surface area contributed by atoms with Crippen LogP contribution in [0.5, 0.6) is 5.75 Å². The molecule has 0 spiro atoms. The van der Waals surface area contributed by atoms with E-state index in [9.17, 15) is 9.59 Å². The van der Waals surface area contributed by atoms with Crippen LogP contribution in [0.2, 0.25) is 0 Å². The Bertz CT molecular complexity index is 1250. The molecule has 4 N–H and O–H groups in total. The van der Waals surface area contributed by atoms with Crippen LogP contribution in [-0.2, 0) is 6.42 Å². The fourth-order valence-electron chi connectivity index (χ4n) is 4.72. The van der Waals surface area contributed by atoms with Crippen LogP contribution >= 0.6 is 0 Å². The quantitative estimate of drug-likeness (QED) is 0.464. The van der Waals surface area contributed by atoms with Gasteiger partial charge in [0.1, 0.15) is 11.4 Å². The third-order valence-corrected chi connectivity index (χ3v) is 6.67. The molecule has 1 fully saturated rings. The number of anilines is 2. The van der Waals surface area contributed by atoms with E-state index in [4.69, 9.17) is 10.5 Å². The Morgan fingerprint density at radius 3 is 2.72 bits per heavy atom. The van der Waals surface area contributed by atoms with Crippen LogP contribution in [0.15, 0.2) is 48.5 Å². The number of methoxy groups -OCH3 is 1. The minimum absolute atomic E-state index is 0.0366. The van der Waals surface area contributed by atoms with E-state index in [2.05, 4.69) is 32.8 Å². The minimum atomic E-state index is -0.696. The molecule has 0 saturated carbocycles. The molecule has 0 bridgehead atoms. The van der Waals surface area contributed by atoms with Gasteiger partial charge >= 0.3 is 0 Å². The molecule has 10 heteroatoms. The van der Waals surface area contributed by atoms with Gasteiger partial charge in [0.15, 0.2) is 11.4 Å². The lowest BCUT2D eigenvalue weighted by Gasteiger charge is -2.29. The van der Waals surface area contributed by atoms with Gasteiger partial charge in [-0.2, -0.15) is 5.10 Å². The van der Waals surface area contributed by atoms with Gasteiger partial charge in [0.05, 0.1) is 19.5 Å². The highest BCUT2D eigenvalue weighted by Crippen LogP contribution is 2.32. The van der Waals surface area contributed by atoms with E-state index in [1.165, 1.54) is 10.2 Å². The number of rotatable bonds is 7. The molecule has 188 valence electrons. The van der Waals surface area contributed by atoms with Crippen molar-refractivity contribution in [2.45, 2.75) is 12.8 Å². The van der Waals surface area contributed by atoms with Crippen LogP contribution in [0.25, 0.3) is 5.69 Å². The van der Waals surface area contributed by atoms with Crippen LogP contribution in [-0.4, -0.2) is 73.0 Å². The number of primary amides is 1. The van der Waals surface area contributed by atoms with E-state index in [0.29, 0.717) is 17.1 Å². The third kappa shape index (κ3) is 4.77. The number of fused-ring (bicyclic) bond motifs is 1. The Hall–Kier alpha value is -3.89. The lowest BCUT2D eigenvalue weighted by Crippen LogP contribution is -2.41. The molecule has 3 heterocycles. The van der Waals surface area contributed by atoms with Crippen molar-refractivity contribution in [1.29, 1.82) is 0 Å². The molecule has 2 aliphatic heterocycles. The van der Waals surface area contributed by atoms with Crippen molar-refractivity contribution < 1.29 is 14.3 Å². The van der Waals surface area contributed by atoms with Gasteiger partial charge in [-0.3, -0.25) is 14.5 Å². The van der Waals surface area contributed by atoms with E-state index >= 15 is 0 Å². The molecule has 0 atom stereocenters. The molecule has 3 aromatic rings. The summed E-state index contributed by atoms with van der Waals surface area (Å²) in [5, 5.41) is 11.0. The molecule has 2 aliphatic rings. The number of carbonyl (C=O) groups is 2. The van der Waals surface area contributed by atoms with Crippen LogP contribution in [0.1, 0.15) is 33.0 Å². The summed E-state index contributed by atoms with van der Waals surface area (Å²) >= 11 is 0. The molecular weight excluding hydrogens is 458 g/mol. The van der Waals surface area contributed by atoms with Crippen molar-refractivity contribution in [2.24, 2.45) is 5.73 Å². The Balaban J connectivity index is 1.41. The molecule has 0 unspecified atom stereocenters. The highest BCUT2D eigenvalue weighted by atomic mass is 16.5. The Labute approximate surface area is 210 Å². The normalized spacial score (nSPS) is 16.2. The number of benzene rings is 2. The van der Waals surface area contributed by atoms with Gasteiger partial charge in [0.2, 0.25) is 0 Å². The number of amides is 2. The van der Waals surface area contributed by atoms with E-state index in [-0.39, 0.29) is 24.0 Å². The van der Waals surface area contributed by atoms with Crippen LogP contribution in [0.3, 0.4) is 0 Å². The fraction of sp³-hybridized carbons (Fsp3) is 0.346. The maximum atomic E-state index is 13.8. The zero-order valence-electron chi connectivity index (χ0n) is 20.4. The predicted molar refractivity (Wildman–Crippen MR) is 138 cm³/mol. The second-order valence-electron chi connectivity index (χ2n) is 8.98. The largest absolute Gasteiger partial charge is 0.497 e. The average molecular weight is 490 g/mol. The summed E-state index contributed by atoms with van der Waals surface area (Å²) in [6.07, 6.45) is 2.07. The first-order valence-corrected chi connectivity index (χ1v) is 12.2. The highest BCUT2D eigenvalue weighted by molar-refractivity contribution is 6.14. The SMILES string of the molecule is COc1ccc(-n2nc(C(N)=O)c3c2C(=O)N(c2cccc(CCN4CCCNCC4)c2)CN3)cc1. The molecule has 10 nitrogen and oxygen atoms in total. The highest BCUT2D eigenvalue weighted by Gasteiger charge is 2.34. The van der Waals surface area contributed by atoms with Gasteiger partial charge in [-0.15, -0.1) is 0 Å². The monoisotopic (exact) mass is 489 g/mol. The number of hydrogen-bond donors (Lipinski definition) is 3. The van der Waals surface area contributed by atoms with Gasteiger partial charge in [-0.25, -0.2) is 4.68 Å². The van der Waals surface area contributed by atoms with Crippen LogP contribution in [0.4, 0.5) is 11.4 Å². The van der Waals surface area contributed by atoms with Crippen molar-refractivity contribution in [1.82, 2.24) is 20.0 Å². The topological polar surface area (TPSA) is 118 Å². The van der Waals surface area contributed by atoms with Gasteiger partial charge in [-0.1, -0.05) is 12.1 Å². The number of hydrogen-bond acceptors (Lipinski definition) is 7. The van der Waals surface area contributed by atoms with Crippen molar-refractivity contribution in [3.63, 3.8) is 0 Å². The Kier molecular flexibility index (Phi) is 6.88. The van der Waals surface area contributed by atoms with Crippen molar-refractivity contribution >= 4 is 23.2 Å². The van der Waals surface area contributed by atoms with E-state index in [1.54, 1.807) is 36.3 Å². The number of nitrogens with two attached hydrogens (primary N) is 1. The fourth-order valence-corrected chi connectivity index (χ4v) is 4.72. The number of ether oxygens (including phenoxy) is 1. The average Bonchev–Trinajstić information content (AvgIpc) is 3.10. The summed E-state index contributed by atoms with van der Waals surface area (Å²) in [7, 11) is 1.58. The van der Waals surface area contributed by atoms with Crippen molar-refractivity contribution in [3.05, 3.63) is 65.5 Å². The second-order valence-corrected chi connectivity index (χ2v) is 8.98. The van der Waals surface area contributed by atoms with Gasteiger partial charge in [-0.05, 0) is 67.9 Å². The molecule has 0 aliphatic carbocycles. The first-order chi connectivity index (χ1) is 17.5. The third-order valence-electron chi connectivity index (χ3n) is 6.67. The minimum Gasteiger partial charge on any atom is -0.497 e. The van der Waals surface area contributed by atoms with Crippen molar-refractivity contribution in [3.8, 4) is 11.4 Å². The number of nitrogens with zero attached hydrogens (tertiary/aromatic N) is 4. The first-order valence-electron chi connectivity index (χ1n) is 12.2. The zero-order chi connectivity index (χ0) is 25.1. The van der Waals surface area contributed by atoms with Crippen molar-refractivity contribution in [2.75, 3.05) is 56.7 Å². The van der Waals surface area contributed by atoms with Gasteiger partial charge in [0, 0.05) is 25.3 Å². The van der Waals surface area contributed by atoms with E-state index in [1.807, 2.05) is 12.1 Å². The maximum absolute atomic E-state index is 13.8. The number of nitrogens with one attached hydrogen (secondary N) is 2.